The molecule has 1 aliphatic heterocycles. The van der Waals surface area contributed by atoms with E-state index >= 15 is 0 Å². The zero-order chi connectivity index (χ0) is 14.5. The molecule has 0 unspecified atom stereocenters. The second kappa shape index (κ2) is 6.46. The van der Waals surface area contributed by atoms with Gasteiger partial charge in [0.1, 0.15) is 6.61 Å². The molecule has 3 N–H and O–H groups in total. The lowest BCUT2D eigenvalue weighted by atomic mass is 10.4. The molecule has 2 aromatic rings. The predicted molar refractivity (Wildman–Crippen MR) is 75.9 cm³/mol. The number of nitrogens with one attached hydrogen (secondary N) is 1. The van der Waals surface area contributed by atoms with Gasteiger partial charge >= 0.3 is 6.01 Å². The van der Waals surface area contributed by atoms with Crippen LogP contribution in [-0.2, 0) is 0 Å². The van der Waals surface area contributed by atoms with Crippen LogP contribution in [0.25, 0.3) is 5.95 Å². The Morgan fingerprint density at radius 2 is 2.10 bits per heavy atom. The highest BCUT2D eigenvalue weighted by atomic mass is 16.5. The van der Waals surface area contributed by atoms with Gasteiger partial charge in [0.25, 0.3) is 5.95 Å². The van der Waals surface area contributed by atoms with E-state index in [-0.39, 0.29) is 12.0 Å². The first-order valence-corrected chi connectivity index (χ1v) is 6.93. The van der Waals surface area contributed by atoms with E-state index in [9.17, 15) is 0 Å². The van der Waals surface area contributed by atoms with Gasteiger partial charge in [0.05, 0.1) is 0 Å². The van der Waals surface area contributed by atoms with Crippen molar-refractivity contribution in [2.75, 3.05) is 31.7 Å². The van der Waals surface area contributed by atoms with E-state index < -0.39 is 0 Å². The molecule has 0 saturated carbocycles. The van der Waals surface area contributed by atoms with Crippen LogP contribution in [0.1, 0.15) is 12.8 Å². The van der Waals surface area contributed by atoms with Gasteiger partial charge in [-0.3, -0.25) is 10.3 Å². The molecule has 0 atom stereocenters. The van der Waals surface area contributed by atoms with Gasteiger partial charge < -0.3 is 4.74 Å². The van der Waals surface area contributed by atoms with Crippen LogP contribution in [0.15, 0.2) is 18.5 Å². The Bertz CT molecular complexity index is 567. The summed E-state index contributed by atoms with van der Waals surface area (Å²) in [6, 6.07) is 2.02. The Kier molecular flexibility index (Phi) is 4.22. The number of ether oxygens (including phenoxy) is 1. The summed E-state index contributed by atoms with van der Waals surface area (Å²) in [6.07, 6.45) is 5.91. The third-order valence-corrected chi connectivity index (χ3v) is 3.28. The molecule has 0 amide bonds. The minimum absolute atomic E-state index is 0.239. The zero-order valence-electron chi connectivity index (χ0n) is 11.6. The standard InChI is InChI=1S/C12H18N8O/c13-18-10-15-11(20-7-3-4-14-20)17-12(16-10)21-9-8-19-5-1-2-6-19/h3-4,7H,1-2,5-6,8-9,13H2,(H,15,16,17,18). The SMILES string of the molecule is NNc1nc(OCCN2CCCC2)nc(-n2cccn2)n1. The number of nitrogen functional groups attached to an aromatic ring is 1. The van der Waals surface area contributed by atoms with Crippen LogP contribution in [0.3, 0.4) is 0 Å². The number of anilines is 1. The average Bonchev–Trinajstić information content (AvgIpc) is 3.20. The van der Waals surface area contributed by atoms with Crippen LogP contribution in [0.2, 0.25) is 0 Å². The fourth-order valence-electron chi connectivity index (χ4n) is 2.24. The molecule has 0 bridgehead atoms. The van der Waals surface area contributed by atoms with Crippen LogP contribution >= 0.6 is 0 Å². The Hall–Kier alpha value is -2.26. The van der Waals surface area contributed by atoms with E-state index in [2.05, 4.69) is 30.4 Å². The molecule has 0 radical (unpaired) electrons. The largest absolute Gasteiger partial charge is 0.462 e. The van der Waals surface area contributed by atoms with Crippen LogP contribution in [0, 0.1) is 0 Å². The van der Waals surface area contributed by atoms with E-state index in [0.717, 1.165) is 19.6 Å². The van der Waals surface area contributed by atoms with Gasteiger partial charge in [-0.05, 0) is 32.0 Å². The summed E-state index contributed by atoms with van der Waals surface area (Å²) in [6.45, 7) is 3.67. The Morgan fingerprint density at radius 1 is 1.24 bits per heavy atom. The number of hydrazine groups is 1. The zero-order valence-corrected chi connectivity index (χ0v) is 11.6. The Morgan fingerprint density at radius 3 is 2.81 bits per heavy atom. The molecule has 1 fully saturated rings. The number of nitrogens with zero attached hydrogens (tertiary/aromatic N) is 6. The van der Waals surface area contributed by atoms with E-state index in [1.165, 1.54) is 17.5 Å². The highest BCUT2D eigenvalue weighted by molar-refractivity contribution is 5.28. The smallest absolute Gasteiger partial charge is 0.323 e. The Balaban J connectivity index is 1.67. The van der Waals surface area contributed by atoms with Gasteiger partial charge in [-0.1, -0.05) is 0 Å². The average molecular weight is 290 g/mol. The number of hydrogen-bond donors (Lipinski definition) is 2. The number of aromatic nitrogens is 5. The van der Waals surface area contributed by atoms with Gasteiger partial charge in [0.15, 0.2) is 0 Å². The summed E-state index contributed by atoms with van der Waals surface area (Å²) >= 11 is 0. The molecule has 0 aliphatic carbocycles. The van der Waals surface area contributed by atoms with Crippen molar-refractivity contribution >= 4 is 5.95 Å². The fraction of sp³-hybridized carbons (Fsp3) is 0.500. The van der Waals surface area contributed by atoms with E-state index in [4.69, 9.17) is 10.6 Å². The lowest BCUT2D eigenvalue weighted by Gasteiger charge is -2.14. The second-order valence-corrected chi connectivity index (χ2v) is 4.73. The summed E-state index contributed by atoms with van der Waals surface area (Å²) in [5, 5.41) is 4.08. The summed E-state index contributed by atoms with van der Waals surface area (Å²) in [7, 11) is 0. The number of nitrogens with two attached hydrogens (primary N) is 1. The van der Waals surface area contributed by atoms with Crippen LogP contribution in [0.5, 0.6) is 6.01 Å². The fourth-order valence-corrected chi connectivity index (χ4v) is 2.24. The van der Waals surface area contributed by atoms with Gasteiger partial charge in [-0.15, -0.1) is 0 Å². The first-order valence-electron chi connectivity index (χ1n) is 6.93. The summed E-state index contributed by atoms with van der Waals surface area (Å²) in [4.78, 5) is 14.8. The monoisotopic (exact) mass is 290 g/mol. The molecule has 3 rings (SSSR count). The molecule has 0 aromatic carbocycles. The Labute approximate surface area is 122 Å². The van der Waals surface area contributed by atoms with Crippen molar-refractivity contribution < 1.29 is 4.74 Å². The van der Waals surface area contributed by atoms with E-state index in [1.54, 1.807) is 18.5 Å². The van der Waals surface area contributed by atoms with E-state index in [1.807, 2.05) is 0 Å². The topological polar surface area (TPSA) is 107 Å². The van der Waals surface area contributed by atoms with Gasteiger partial charge in [-0.2, -0.15) is 20.1 Å². The van der Waals surface area contributed by atoms with Crippen LogP contribution in [-0.4, -0.2) is 55.9 Å². The maximum absolute atomic E-state index is 5.61. The van der Waals surface area contributed by atoms with Crippen molar-refractivity contribution in [3.8, 4) is 12.0 Å². The quantitative estimate of drug-likeness (QED) is 0.557. The van der Waals surface area contributed by atoms with Crippen molar-refractivity contribution in [3.05, 3.63) is 18.5 Å². The third kappa shape index (κ3) is 3.44. The molecule has 2 aromatic heterocycles. The first-order chi connectivity index (χ1) is 10.3. The molecule has 9 nitrogen and oxygen atoms in total. The second-order valence-electron chi connectivity index (χ2n) is 4.73. The molecule has 3 heterocycles. The van der Waals surface area contributed by atoms with Crippen molar-refractivity contribution in [2.24, 2.45) is 5.84 Å². The highest BCUT2D eigenvalue weighted by Gasteiger charge is 2.12. The highest BCUT2D eigenvalue weighted by Crippen LogP contribution is 2.11. The molecule has 112 valence electrons. The van der Waals surface area contributed by atoms with Crippen molar-refractivity contribution in [3.63, 3.8) is 0 Å². The van der Waals surface area contributed by atoms with Crippen molar-refractivity contribution in [1.29, 1.82) is 0 Å². The predicted octanol–water partition coefficient (Wildman–Crippen LogP) is -0.182. The summed E-state index contributed by atoms with van der Waals surface area (Å²) < 4.78 is 7.13. The molecular weight excluding hydrogens is 272 g/mol. The normalized spacial score (nSPS) is 15.3. The maximum Gasteiger partial charge on any atom is 0.323 e. The first kappa shape index (κ1) is 13.7. The molecular formula is C12H18N8O. The molecule has 21 heavy (non-hydrogen) atoms. The number of hydrogen-bond acceptors (Lipinski definition) is 8. The van der Waals surface area contributed by atoms with Crippen LogP contribution < -0.4 is 16.0 Å². The van der Waals surface area contributed by atoms with E-state index in [0.29, 0.717) is 12.6 Å². The van der Waals surface area contributed by atoms with Crippen molar-refractivity contribution in [1.82, 2.24) is 29.6 Å². The molecule has 0 spiro atoms. The molecule has 1 saturated heterocycles. The molecule has 9 heteroatoms. The van der Waals surface area contributed by atoms with Crippen molar-refractivity contribution in [2.45, 2.75) is 12.8 Å². The van der Waals surface area contributed by atoms with Gasteiger partial charge in [-0.25, -0.2) is 10.5 Å². The van der Waals surface area contributed by atoms with Gasteiger partial charge in [0.2, 0.25) is 5.95 Å². The maximum atomic E-state index is 5.61. The number of rotatable bonds is 6. The minimum Gasteiger partial charge on any atom is -0.462 e. The van der Waals surface area contributed by atoms with Gasteiger partial charge in [0, 0.05) is 18.9 Å². The minimum atomic E-state index is 0.239. The summed E-state index contributed by atoms with van der Waals surface area (Å²) in [5.41, 5.74) is 2.41. The van der Waals surface area contributed by atoms with Crippen LogP contribution in [0.4, 0.5) is 5.95 Å². The number of likely N-dealkylation sites (tertiary alicyclic amines) is 1. The summed E-state index contributed by atoms with van der Waals surface area (Å²) in [5.74, 6) is 5.98. The third-order valence-electron chi connectivity index (χ3n) is 3.28. The lowest BCUT2D eigenvalue weighted by molar-refractivity contribution is 0.225. The lowest BCUT2D eigenvalue weighted by Crippen LogP contribution is -2.25. The molecule has 1 aliphatic rings.